The number of thiazole rings is 1. The SMILES string of the molecule is Cc1ccccc1-[n+]1c(-c2c(C)cccc2C)sc(-c2ccccc2)c1C. The van der Waals surface area contributed by atoms with E-state index in [1.54, 1.807) is 0 Å². The summed E-state index contributed by atoms with van der Waals surface area (Å²) < 4.78 is 2.44. The van der Waals surface area contributed by atoms with Crippen LogP contribution in [0.5, 0.6) is 0 Å². The van der Waals surface area contributed by atoms with Gasteiger partial charge in [0.25, 0.3) is 5.01 Å². The van der Waals surface area contributed by atoms with Gasteiger partial charge in [-0.2, -0.15) is 0 Å². The zero-order chi connectivity index (χ0) is 19.0. The number of rotatable bonds is 3. The topological polar surface area (TPSA) is 3.88 Å². The van der Waals surface area contributed by atoms with E-state index >= 15 is 0 Å². The number of hydrogen-bond donors (Lipinski definition) is 0. The van der Waals surface area contributed by atoms with Crippen LogP contribution in [0.3, 0.4) is 0 Å². The average molecular weight is 371 g/mol. The van der Waals surface area contributed by atoms with E-state index in [1.165, 1.54) is 49.1 Å². The molecule has 0 aliphatic heterocycles. The molecular formula is C25H24NS+. The van der Waals surface area contributed by atoms with Crippen LogP contribution in [0.15, 0.2) is 72.8 Å². The summed E-state index contributed by atoms with van der Waals surface area (Å²) in [4.78, 5) is 1.33. The molecule has 0 aliphatic rings. The van der Waals surface area contributed by atoms with Crippen LogP contribution < -0.4 is 4.57 Å². The Kier molecular flexibility index (Phi) is 4.67. The average Bonchev–Trinajstić information content (AvgIpc) is 3.00. The molecule has 0 spiro atoms. The molecule has 0 atom stereocenters. The van der Waals surface area contributed by atoms with Gasteiger partial charge >= 0.3 is 0 Å². The van der Waals surface area contributed by atoms with Gasteiger partial charge in [-0.15, -0.1) is 4.57 Å². The summed E-state index contributed by atoms with van der Waals surface area (Å²) in [7, 11) is 0. The van der Waals surface area contributed by atoms with Gasteiger partial charge in [-0.05, 0) is 37.5 Å². The molecule has 2 heteroatoms. The highest BCUT2D eigenvalue weighted by molar-refractivity contribution is 7.18. The number of aryl methyl sites for hydroxylation is 3. The van der Waals surface area contributed by atoms with Crippen molar-refractivity contribution < 1.29 is 4.57 Å². The number of hydrogen-bond acceptors (Lipinski definition) is 1. The maximum Gasteiger partial charge on any atom is 0.276 e. The second-order valence-corrected chi connectivity index (χ2v) is 8.08. The molecule has 4 rings (SSSR count). The molecule has 0 fully saturated rings. The lowest BCUT2D eigenvalue weighted by atomic mass is 10.0. The summed E-state index contributed by atoms with van der Waals surface area (Å²) in [6, 6.07) is 25.9. The van der Waals surface area contributed by atoms with E-state index in [2.05, 4.69) is 105 Å². The fraction of sp³-hybridized carbons (Fsp3) is 0.160. The molecule has 0 aliphatic carbocycles. The Hall–Kier alpha value is -2.71. The molecule has 134 valence electrons. The van der Waals surface area contributed by atoms with E-state index in [-0.39, 0.29) is 0 Å². The molecule has 0 saturated carbocycles. The maximum atomic E-state index is 2.44. The molecule has 1 nitrogen and oxygen atoms in total. The predicted molar refractivity (Wildman–Crippen MR) is 116 cm³/mol. The van der Waals surface area contributed by atoms with Crippen molar-refractivity contribution in [3.63, 3.8) is 0 Å². The summed E-state index contributed by atoms with van der Waals surface area (Å²) in [5.41, 5.74) is 9.09. The third-order valence-corrected chi connectivity index (χ3v) is 6.47. The molecule has 3 aromatic carbocycles. The summed E-state index contributed by atoms with van der Waals surface area (Å²) in [5, 5.41) is 1.30. The molecule has 1 heterocycles. The predicted octanol–water partition coefficient (Wildman–Crippen LogP) is 6.59. The van der Waals surface area contributed by atoms with Crippen LogP contribution in [-0.2, 0) is 0 Å². The quantitative estimate of drug-likeness (QED) is 0.358. The van der Waals surface area contributed by atoms with Crippen LogP contribution in [0.1, 0.15) is 22.4 Å². The van der Waals surface area contributed by atoms with Crippen molar-refractivity contribution in [2.45, 2.75) is 27.7 Å². The van der Waals surface area contributed by atoms with Crippen LogP contribution in [0.4, 0.5) is 0 Å². The normalized spacial score (nSPS) is 11.0. The number of para-hydroxylation sites is 1. The first kappa shape index (κ1) is 17.7. The lowest BCUT2D eigenvalue weighted by molar-refractivity contribution is -0.586. The number of benzene rings is 3. The van der Waals surface area contributed by atoms with Gasteiger partial charge in [0.05, 0.1) is 5.56 Å². The van der Waals surface area contributed by atoms with Crippen molar-refractivity contribution in [3.05, 3.63) is 95.2 Å². The highest BCUT2D eigenvalue weighted by Crippen LogP contribution is 2.37. The largest absolute Gasteiger partial charge is 0.276 e. The molecule has 0 bridgehead atoms. The Balaban J connectivity index is 2.08. The minimum atomic E-state index is 1.26. The summed E-state index contributed by atoms with van der Waals surface area (Å²) in [6.07, 6.45) is 0. The standard InChI is InChI=1S/C25H24NS/c1-17-11-8-9-16-22(17)26-20(4)24(21-14-6-5-7-15-21)27-25(26)23-18(2)12-10-13-19(23)3/h5-16H,1-4H3/q+1. The van der Waals surface area contributed by atoms with E-state index in [0.29, 0.717) is 0 Å². The van der Waals surface area contributed by atoms with Gasteiger partial charge in [0.15, 0.2) is 0 Å². The Labute approximate surface area is 165 Å². The molecule has 1 aromatic heterocycles. The summed E-state index contributed by atoms with van der Waals surface area (Å²) in [6.45, 7) is 8.85. The first-order valence-electron chi connectivity index (χ1n) is 9.31. The van der Waals surface area contributed by atoms with Crippen LogP contribution in [0.25, 0.3) is 26.7 Å². The summed E-state index contributed by atoms with van der Waals surface area (Å²) in [5.74, 6) is 0. The van der Waals surface area contributed by atoms with Crippen LogP contribution in [0.2, 0.25) is 0 Å². The third kappa shape index (κ3) is 3.11. The highest BCUT2D eigenvalue weighted by Gasteiger charge is 2.30. The van der Waals surface area contributed by atoms with Gasteiger partial charge in [0.2, 0.25) is 11.4 Å². The van der Waals surface area contributed by atoms with Crippen LogP contribution >= 0.6 is 11.3 Å². The fourth-order valence-electron chi connectivity index (χ4n) is 3.75. The molecule has 0 radical (unpaired) electrons. The van der Waals surface area contributed by atoms with Gasteiger partial charge in [-0.3, -0.25) is 0 Å². The van der Waals surface area contributed by atoms with Crippen molar-refractivity contribution in [2.24, 2.45) is 0 Å². The second-order valence-electron chi connectivity index (χ2n) is 7.08. The van der Waals surface area contributed by atoms with E-state index in [1.807, 2.05) is 11.3 Å². The van der Waals surface area contributed by atoms with Gasteiger partial charge in [-0.25, -0.2) is 0 Å². The number of nitrogens with zero attached hydrogens (tertiary/aromatic N) is 1. The van der Waals surface area contributed by atoms with Gasteiger partial charge < -0.3 is 0 Å². The lowest BCUT2D eigenvalue weighted by Crippen LogP contribution is -2.35. The molecule has 27 heavy (non-hydrogen) atoms. The van der Waals surface area contributed by atoms with Crippen molar-refractivity contribution >= 4 is 11.3 Å². The maximum absolute atomic E-state index is 2.44. The fourth-order valence-corrected chi connectivity index (χ4v) is 5.18. The first-order chi connectivity index (χ1) is 13.1. The molecule has 0 saturated heterocycles. The van der Waals surface area contributed by atoms with E-state index in [0.717, 1.165) is 0 Å². The highest BCUT2D eigenvalue weighted by atomic mass is 32.1. The Bertz CT molecular complexity index is 1090. The van der Waals surface area contributed by atoms with Crippen molar-refractivity contribution in [3.8, 4) is 26.7 Å². The van der Waals surface area contributed by atoms with Crippen LogP contribution in [0, 0.1) is 27.7 Å². The molecule has 0 N–H and O–H groups in total. The van der Waals surface area contributed by atoms with Gasteiger partial charge in [0.1, 0.15) is 4.88 Å². The van der Waals surface area contributed by atoms with Crippen molar-refractivity contribution in [2.75, 3.05) is 0 Å². The zero-order valence-electron chi connectivity index (χ0n) is 16.3. The van der Waals surface area contributed by atoms with Gasteiger partial charge in [-0.1, -0.05) is 78.1 Å². The Morgan fingerprint density at radius 1 is 0.630 bits per heavy atom. The minimum Gasteiger partial charge on any atom is -0.147 e. The monoisotopic (exact) mass is 370 g/mol. The van der Waals surface area contributed by atoms with Crippen LogP contribution in [-0.4, -0.2) is 0 Å². The van der Waals surface area contributed by atoms with E-state index in [9.17, 15) is 0 Å². The second kappa shape index (κ2) is 7.13. The first-order valence-corrected chi connectivity index (χ1v) is 10.1. The summed E-state index contributed by atoms with van der Waals surface area (Å²) >= 11 is 1.89. The third-order valence-electron chi connectivity index (χ3n) is 5.15. The van der Waals surface area contributed by atoms with Crippen molar-refractivity contribution in [1.29, 1.82) is 0 Å². The lowest BCUT2D eigenvalue weighted by Gasteiger charge is -2.07. The number of aromatic nitrogens is 1. The van der Waals surface area contributed by atoms with Gasteiger partial charge in [0, 0.05) is 18.6 Å². The molecule has 0 unspecified atom stereocenters. The van der Waals surface area contributed by atoms with E-state index < -0.39 is 0 Å². The molecule has 0 amide bonds. The molecular weight excluding hydrogens is 346 g/mol. The smallest absolute Gasteiger partial charge is 0.147 e. The van der Waals surface area contributed by atoms with Crippen molar-refractivity contribution in [1.82, 2.24) is 0 Å². The minimum absolute atomic E-state index is 1.26. The zero-order valence-corrected chi connectivity index (χ0v) is 17.1. The Morgan fingerprint density at radius 3 is 1.89 bits per heavy atom. The molecule has 4 aromatic rings. The van der Waals surface area contributed by atoms with E-state index in [4.69, 9.17) is 0 Å². The Morgan fingerprint density at radius 2 is 1.22 bits per heavy atom.